The smallest absolute Gasteiger partial charge is 0.275 e. The highest BCUT2D eigenvalue weighted by atomic mass is 32.2. The lowest BCUT2D eigenvalue weighted by molar-refractivity contribution is -0.385. The van der Waals surface area contributed by atoms with Crippen LogP contribution in [0.3, 0.4) is 0 Å². The van der Waals surface area contributed by atoms with Gasteiger partial charge in [-0.25, -0.2) is 4.98 Å². The molecule has 0 aliphatic rings. The Labute approximate surface area is 92.4 Å². The second-order valence-corrected chi connectivity index (χ2v) is 4.02. The Morgan fingerprint density at radius 1 is 1.60 bits per heavy atom. The number of pyridine rings is 1. The van der Waals surface area contributed by atoms with E-state index in [2.05, 4.69) is 17.2 Å². The van der Waals surface area contributed by atoms with Gasteiger partial charge in [0.1, 0.15) is 10.8 Å². The molecule has 0 spiro atoms. The Balaban J connectivity index is 2.95. The fraction of sp³-hybridized carbons (Fsp3) is 0.444. The maximum Gasteiger partial charge on any atom is 0.275 e. The van der Waals surface area contributed by atoms with Crippen molar-refractivity contribution in [2.75, 3.05) is 18.1 Å². The lowest BCUT2D eigenvalue weighted by Crippen LogP contribution is -1.97. The average Bonchev–Trinajstić information content (AvgIpc) is 2.25. The van der Waals surface area contributed by atoms with Gasteiger partial charge in [0.25, 0.3) is 5.69 Å². The predicted octanol–water partition coefficient (Wildman–Crippen LogP) is 2.53. The summed E-state index contributed by atoms with van der Waals surface area (Å²) in [6.07, 6.45) is 1.02. The molecule has 1 heterocycles. The molecule has 6 heteroatoms. The summed E-state index contributed by atoms with van der Waals surface area (Å²) in [7, 11) is 1.69. The standard InChI is InChI=1S/C9H13N3O2S/c1-3-4-15-9-6-7(12(13)14)5-8(10-2)11-9/h5-6H,3-4H2,1-2H3,(H,10,11). The zero-order valence-corrected chi connectivity index (χ0v) is 9.50. The molecular weight excluding hydrogens is 214 g/mol. The highest BCUT2D eigenvalue weighted by Gasteiger charge is 2.10. The van der Waals surface area contributed by atoms with Crippen LogP contribution in [0.15, 0.2) is 17.2 Å². The van der Waals surface area contributed by atoms with Gasteiger partial charge in [0.2, 0.25) is 0 Å². The number of nitrogens with one attached hydrogen (secondary N) is 1. The minimum Gasteiger partial charge on any atom is -0.373 e. The number of anilines is 1. The van der Waals surface area contributed by atoms with E-state index >= 15 is 0 Å². The van der Waals surface area contributed by atoms with Gasteiger partial charge in [-0.2, -0.15) is 0 Å². The van der Waals surface area contributed by atoms with Crippen LogP contribution in [-0.2, 0) is 0 Å². The van der Waals surface area contributed by atoms with Gasteiger partial charge in [-0.15, -0.1) is 11.8 Å². The summed E-state index contributed by atoms with van der Waals surface area (Å²) in [5.74, 6) is 1.44. The molecule has 1 N–H and O–H groups in total. The van der Waals surface area contributed by atoms with Gasteiger partial charge in [0.05, 0.1) is 11.0 Å². The van der Waals surface area contributed by atoms with Gasteiger partial charge in [-0.3, -0.25) is 10.1 Å². The predicted molar refractivity (Wildman–Crippen MR) is 61.5 cm³/mol. The molecule has 1 rings (SSSR count). The second-order valence-electron chi connectivity index (χ2n) is 2.90. The van der Waals surface area contributed by atoms with Crippen molar-refractivity contribution in [2.24, 2.45) is 0 Å². The van der Waals surface area contributed by atoms with E-state index in [1.807, 2.05) is 0 Å². The lowest BCUT2D eigenvalue weighted by atomic mass is 10.4. The fourth-order valence-corrected chi connectivity index (χ4v) is 1.79. The summed E-state index contributed by atoms with van der Waals surface area (Å²) >= 11 is 1.53. The minimum absolute atomic E-state index is 0.0768. The molecule has 0 unspecified atom stereocenters. The third-order valence-corrected chi connectivity index (χ3v) is 2.82. The summed E-state index contributed by atoms with van der Waals surface area (Å²) in [6, 6.07) is 2.93. The second kappa shape index (κ2) is 5.55. The summed E-state index contributed by atoms with van der Waals surface area (Å²) in [5.41, 5.74) is 0.0768. The number of thioether (sulfide) groups is 1. The third kappa shape index (κ3) is 3.39. The average molecular weight is 227 g/mol. The maximum absolute atomic E-state index is 10.6. The van der Waals surface area contributed by atoms with Crippen LogP contribution in [0.2, 0.25) is 0 Å². The monoisotopic (exact) mass is 227 g/mol. The molecule has 82 valence electrons. The van der Waals surface area contributed by atoms with Crippen molar-refractivity contribution in [3.8, 4) is 0 Å². The summed E-state index contributed by atoms with van der Waals surface area (Å²) in [5, 5.41) is 14.1. The summed E-state index contributed by atoms with van der Waals surface area (Å²) in [4.78, 5) is 14.5. The largest absolute Gasteiger partial charge is 0.373 e. The molecule has 1 aromatic heterocycles. The van der Waals surface area contributed by atoms with Crippen molar-refractivity contribution in [3.05, 3.63) is 22.2 Å². The third-order valence-electron chi connectivity index (χ3n) is 1.71. The topological polar surface area (TPSA) is 68.1 Å². The van der Waals surface area contributed by atoms with Crippen LogP contribution < -0.4 is 5.32 Å². The Bertz CT molecular complexity index is 357. The molecule has 0 saturated carbocycles. The summed E-state index contributed by atoms with van der Waals surface area (Å²) in [6.45, 7) is 2.06. The molecule has 5 nitrogen and oxygen atoms in total. The Hall–Kier alpha value is -1.30. The van der Waals surface area contributed by atoms with Crippen LogP contribution in [0, 0.1) is 10.1 Å². The fourth-order valence-electron chi connectivity index (χ4n) is 1.01. The normalized spacial score (nSPS) is 10.0. The number of hydrogen-bond acceptors (Lipinski definition) is 5. The van der Waals surface area contributed by atoms with E-state index in [0.29, 0.717) is 10.8 Å². The van der Waals surface area contributed by atoms with Gasteiger partial charge >= 0.3 is 0 Å². The van der Waals surface area contributed by atoms with Crippen LogP contribution in [-0.4, -0.2) is 22.7 Å². The zero-order chi connectivity index (χ0) is 11.3. The Morgan fingerprint density at radius 2 is 2.33 bits per heavy atom. The van der Waals surface area contributed by atoms with Crippen LogP contribution >= 0.6 is 11.8 Å². The molecule has 0 saturated heterocycles. The van der Waals surface area contributed by atoms with Crippen LogP contribution in [0.4, 0.5) is 11.5 Å². The van der Waals surface area contributed by atoms with E-state index in [4.69, 9.17) is 0 Å². The maximum atomic E-state index is 10.6. The zero-order valence-electron chi connectivity index (χ0n) is 8.69. The van der Waals surface area contributed by atoms with Gasteiger partial charge in [-0.1, -0.05) is 6.92 Å². The van der Waals surface area contributed by atoms with Gasteiger partial charge in [0, 0.05) is 13.1 Å². The molecular formula is C9H13N3O2S. The minimum atomic E-state index is -0.404. The number of aromatic nitrogens is 1. The first-order valence-electron chi connectivity index (χ1n) is 4.64. The van der Waals surface area contributed by atoms with Crippen molar-refractivity contribution in [3.63, 3.8) is 0 Å². The lowest BCUT2D eigenvalue weighted by Gasteiger charge is -2.03. The first-order chi connectivity index (χ1) is 7.17. The highest BCUT2D eigenvalue weighted by molar-refractivity contribution is 7.99. The summed E-state index contributed by atoms with van der Waals surface area (Å²) < 4.78 is 0. The quantitative estimate of drug-likeness (QED) is 0.475. The molecule has 0 bridgehead atoms. The van der Waals surface area contributed by atoms with Gasteiger partial charge < -0.3 is 5.32 Å². The molecule has 15 heavy (non-hydrogen) atoms. The van der Waals surface area contributed by atoms with Crippen LogP contribution in [0.1, 0.15) is 13.3 Å². The van der Waals surface area contributed by atoms with Crippen LogP contribution in [0.5, 0.6) is 0 Å². The molecule has 0 fully saturated rings. The van der Waals surface area contributed by atoms with E-state index in [1.54, 1.807) is 7.05 Å². The molecule has 1 aromatic rings. The van der Waals surface area contributed by atoms with Crippen molar-refractivity contribution in [1.82, 2.24) is 4.98 Å². The number of nitrogens with zero attached hydrogens (tertiary/aromatic N) is 2. The highest BCUT2D eigenvalue weighted by Crippen LogP contribution is 2.24. The molecule has 0 aliphatic heterocycles. The Kier molecular flexibility index (Phi) is 4.36. The van der Waals surface area contributed by atoms with E-state index < -0.39 is 4.92 Å². The molecule has 0 radical (unpaired) electrons. The van der Waals surface area contributed by atoms with Crippen LogP contribution in [0.25, 0.3) is 0 Å². The van der Waals surface area contributed by atoms with E-state index in [1.165, 1.54) is 23.9 Å². The van der Waals surface area contributed by atoms with Gasteiger partial charge in [-0.05, 0) is 12.2 Å². The van der Waals surface area contributed by atoms with Gasteiger partial charge in [0.15, 0.2) is 0 Å². The molecule has 0 aliphatic carbocycles. The van der Waals surface area contributed by atoms with Crippen molar-refractivity contribution in [2.45, 2.75) is 18.4 Å². The number of hydrogen-bond donors (Lipinski definition) is 1. The van der Waals surface area contributed by atoms with Crippen molar-refractivity contribution in [1.29, 1.82) is 0 Å². The molecule has 0 amide bonds. The number of nitro groups is 1. The molecule has 0 atom stereocenters. The number of rotatable bonds is 5. The van der Waals surface area contributed by atoms with Crippen molar-refractivity contribution >= 4 is 23.3 Å². The van der Waals surface area contributed by atoms with E-state index in [-0.39, 0.29) is 5.69 Å². The SMILES string of the molecule is CCCSc1cc([N+](=O)[O-])cc(NC)n1. The van der Waals surface area contributed by atoms with E-state index in [0.717, 1.165) is 12.2 Å². The van der Waals surface area contributed by atoms with E-state index in [9.17, 15) is 10.1 Å². The first-order valence-corrected chi connectivity index (χ1v) is 5.63. The molecule has 0 aromatic carbocycles. The first kappa shape index (κ1) is 11.8. The Morgan fingerprint density at radius 3 is 2.87 bits per heavy atom. The van der Waals surface area contributed by atoms with Crippen molar-refractivity contribution < 1.29 is 4.92 Å².